The first kappa shape index (κ1) is 14.8. The molecule has 0 aliphatic heterocycles. The normalized spacial score (nSPS) is 10.6. The Labute approximate surface area is 124 Å². The van der Waals surface area contributed by atoms with Crippen LogP contribution in [-0.4, -0.2) is 18.6 Å². The van der Waals surface area contributed by atoms with Gasteiger partial charge in [-0.1, -0.05) is 24.6 Å². The average Bonchev–Trinajstić information content (AvgIpc) is 2.49. The van der Waals surface area contributed by atoms with E-state index in [-0.39, 0.29) is 0 Å². The zero-order valence-electron chi connectivity index (χ0n) is 11.8. The fourth-order valence-corrected chi connectivity index (χ4v) is 2.21. The van der Waals surface area contributed by atoms with E-state index in [2.05, 4.69) is 23.3 Å². The number of halogens is 1. The number of pyridine rings is 1. The fraction of sp³-hybridized carbons (Fsp3) is 0.312. The Morgan fingerprint density at radius 2 is 2.15 bits per heavy atom. The summed E-state index contributed by atoms with van der Waals surface area (Å²) in [5.41, 5.74) is 2.92. The maximum absolute atomic E-state index is 6.24. The molecule has 106 valence electrons. The summed E-state index contributed by atoms with van der Waals surface area (Å²) in [5.74, 6) is 0.766. The maximum Gasteiger partial charge on any atom is 0.145 e. The fourth-order valence-electron chi connectivity index (χ4n) is 2.03. The number of hydrogen-bond acceptors (Lipinski definition) is 3. The lowest BCUT2D eigenvalue weighted by Gasteiger charge is -2.11. The number of methoxy groups -OCH3 is 1. The Morgan fingerprint density at radius 1 is 1.30 bits per heavy atom. The van der Waals surface area contributed by atoms with Gasteiger partial charge in [0.15, 0.2) is 0 Å². The van der Waals surface area contributed by atoms with Gasteiger partial charge in [0.1, 0.15) is 11.4 Å². The van der Waals surface area contributed by atoms with Gasteiger partial charge in [-0.3, -0.25) is 4.98 Å². The summed E-state index contributed by atoms with van der Waals surface area (Å²) in [5, 5.41) is 4.13. The predicted octanol–water partition coefficient (Wildman–Crippen LogP) is 3.91. The van der Waals surface area contributed by atoms with Crippen LogP contribution in [-0.2, 0) is 6.54 Å². The van der Waals surface area contributed by atoms with Crippen LogP contribution in [0.1, 0.15) is 18.9 Å². The monoisotopic (exact) mass is 290 g/mol. The molecule has 0 radical (unpaired) electrons. The lowest BCUT2D eigenvalue weighted by molar-refractivity contribution is 0.415. The molecule has 2 aromatic rings. The minimum Gasteiger partial charge on any atom is -0.494 e. The van der Waals surface area contributed by atoms with E-state index in [0.717, 1.165) is 47.1 Å². The summed E-state index contributed by atoms with van der Waals surface area (Å²) in [6.07, 6.45) is 2.87. The third-order valence-electron chi connectivity index (χ3n) is 3.05. The molecule has 0 atom stereocenters. The van der Waals surface area contributed by atoms with E-state index in [1.54, 1.807) is 13.3 Å². The molecule has 20 heavy (non-hydrogen) atoms. The number of aromatic nitrogens is 1. The predicted molar refractivity (Wildman–Crippen MR) is 83.2 cm³/mol. The van der Waals surface area contributed by atoms with Gasteiger partial charge in [0.2, 0.25) is 0 Å². The highest BCUT2D eigenvalue weighted by atomic mass is 35.5. The summed E-state index contributed by atoms with van der Waals surface area (Å²) >= 11 is 6.24. The molecule has 0 spiro atoms. The molecular weight excluding hydrogens is 272 g/mol. The molecule has 4 heteroatoms. The molecule has 0 bridgehead atoms. The summed E-state index contributed by atoms with van der Waals surface area (Å²) in [6.45, 7) is 3.88. The molecule has 0 fully saturated rings. The van der Waals surface area contributed by atoms with Crippen molar-refractivity contribution in [2.45, 2.75) is 19.9 Å². The van der Waals surface area contributed by atoms with E-state index >= 15 is 0 Å². The van der Waals surface area contributed by atoms with Crippen LogP contribution in [0.2, 0.25) is 5.02 Å². The molecule has 0 unspecified atom stereocenters. The first-order valence-corrected chi connectivity index (χ1v) is 7.12. The molecular formula is C16H19ClN2O. The second-order valence-corrected chi connectivity index (χ2v) is 4.94. The maximum atomic E-state index is 6.24. The minimum atomic E-state index is 0.760. The van der Waals surface area contributed by atoms with Crippen molar-refractivity contribution >= 4 is 11.6 Å². The van der Waals surface area contributed by atoms with Gasteiger partial charge in [-0.15, -0.1) is 0 Å². The molecule has 1 aromatic heterocycles. The molecule has 2 rings (SSSR count). The van der Waals surface area contributed by atoms with E-state index in [1.165, 1.54) is 0 Å². The summed E-state index contributed by atoms with van der Waals surface area (Å²) in [4.78, 5) is 4.40. The third-order valence-corrected chi connectivity index (χ3v) is 3.42. The smallest absolute Gasteiger partial charge is 0.145 e. The van der Waals surface area contributed by atoms with E-state index in [4.69, 9.17) is 16.3 Å². The molecule has 1 N–H and O–H groups in total. The number of benzene rings is 1. The van der Waals surface area contributed by atoms with Crippen LogP contribution in [0.4, 0.5) is 0 Å². The topological polar surface area (TPSA) is 34.2 Å². The van der Waals surface area contributed by atoms with Gasteiger partial charge >= 0.3 is 0 Å². The largest absolute Gasteiger partial charge is 0.494 e. The van der Waals surface area contributed by atoms with Crippen molar-refractivity contribution in [1.82, 2.24) is 10.3 Å². The third kappa shape index (κ3) is 3.50. The molecule has 0 aliphatic carbocycles. The van der Waals surface area contributed by atoms with Crippen LogP contribution < -0.4 is 10.1 Å². The van der Waals surface area contributed by atoms with Gasteiger partial charge in [0.05, 0.1) is 7.11 Å². The molecule has 0 aliphatic rings. The Kier molecular flexibility index (Phi) is 5.39. The Hall–Kier alpha value is -1.58. The molecule has 0 saturated carbocycles. The average molecular weight is 291 g/mol. The van der Waals surface area contributed by atoms with Crippen LogP contribution in [0.15, 0.2) is 36.5 Å². The van der Waals surface area contributed by atoms with E-state index in [1.807, 2.05) is 24.3 Å². The van der Waals surface area contributed by atoms with E-state index in [9.17, 15) is 0 Å². The molecule has 1 aromatic carbocycles. The van der Waals surface area contributed by atoms with Crippen LogP contribution in [0.3, 0.4) is 0 Å². The number of nitrogens with zero attached hydrogens (tertiary/aromatic N) is 1. The first-order valence-electron chi connectivity index (χ1n) is 6.74. The zero-order chi connectivity index (χ0) is 14.4. The second-order valence-electron chi connectivity index (χ2n) is 4.54. The van der Waals surface area contributed by atoms with Crippen molar-refractivity contribution in [1.29, 1.82) is 0 Å². The molecule has 0 amide bonds. The van der Waals surface area contributed by atoms with Crippen molar-refractivity contribution in [2.24, 2.45) is 0 Å². The summed E-state index contributed by atoms with van der Waals surface area (Å²) < 4.78 is 5.36. The first-order chi connectivity index (χ1) is 9.76. The highest BCUT2D eigenvalue weighted by molar-refractivity contribution is 6.31. The number of hydrogen-bond donors (Lipinski definition) is 1. The van der Waals surface area contributed by atoms with Crippen molar-refractivity contribution in [2.75, 3.05) is 13.7 Å². The van der Waals surface area contributed by atoms with Crippen molar-refractivity contribution in [3.63, 3.8) is 0 Å². The van der Waals surface area contributed by atoms with Crippen molar-refractivity contribution < 1.29 is 4.74 Å². The van der Waals surface area contributed by atoms with Gasteiger partial charge in [-0.25, -0.2) is 0 Å². The highest BCUT2D eigenvalue weighted by Crippen LogP contribution is 2.30. The number of nitrogens with one attached hydrogen (secondary N) is 1. The van der Waals surface area contributed by atoms with Crippen LogP contribution in [0.5, 0.6) is 5.75 Å². The lowest BCUT2D eigenvalue weighted by atomic mass is 10.1. The Morgan fingerprint density at radius 3 is 2.90 bits per heavy atom. The van der Waals surface area contributed by atoms with Crippen LogP contribution in [0.25, 0.3) is 11.3 Å². The minimum absolute atomic E-state index is 0.760. The van der Waals surface area contributed by atoms with Gasteiger partial charge in [-0.05, 0) is 42.8 Å². The van der Waals surface area contributed by atoms with Crippen LogP contribution in [0, 0.1) is 0 Å². The molecule has 0 saturated heterocycles. The van der Waals surface area contributed by atoms with E-state index in [0.29, 0.717) is 0 Å². The van der Waals surface area contributed by atoms with Crippen molar-refractivity contribution in [3.8, 4) is 17.0 Å². The zero-order valence-corrected chi connectivity index (χ0v) is 12.6. The SMILES string of the molecule is CCCNCc1cc(-c2ncccc2OC)ccc1Cl. The second kappa shape index (κ2) is 7.27. The Balaban J connectivity index is 2.30. The number of ether oxygens (including phenoxy) is 1. The molecule has 3 nitrogen and oxygen atoms in total. The summed E-state index contributed by atoms with van der Waals surface area (Å²) in [6, 6.07) is 9.72. The van der Waals surface area contributed by atoms with Crippen LogP contribution >= 0.6 is 11.6 Å². The van der Waals surface area contributed by atoms with Gasteiger partial charge in [-0.2, -0.15) is 0 Å². The van der Waals surface area contributed by atoms with Crippen molar-refractivity contribution in [3.05, 3.63) is 47.1 Å². The highest BCUT2D eigenvalue weighted by Gasteiger charge is 2.09. The van der Waals surface area contributed by atoms with Gasteiger partial charge in [0.25, 0.3) is 0 Å². The quantitative estimate of drug-likeness (QED) is 0.819. The number of rotatable bonds is 6. The Bertz CT molecular complexity index is 572. The van der Waals surface area contributed by atoms with E-state index < -0.39 is 0 Å². The summed E-state index contributed by atoms with van der Waals surface area (Å²) in [7, 11) is 1.65. The van der Waals surface area contributed by atoms with Gasteiger partial charge in [0, 0.05) is 23.3 Å². The van der Waals surface area contributed by atoms with Gasteiger partial charge < -0.3 is 10.1 Å². The standard InChI is InChI=1S/C16H19ClN2O/c1-3-8-18-11-13-10-12(6-7-14(13)17)16-15(20-2)5-4-9-19-16/h4-7,9-10,18H,3,8,11H2,1-2H3. The molecule has 1 heterocycles. The lowest BCUT2D eigenvalue weighted by Crippen LogP contribution is -2.14.